The molecule has 1 aliphatic heterocycles. The molecule has 2 aromatic carbocycles. The lowest BCUT2D eigenvalue weighted by atomic mass is 9.97. The van der Waals surface area contributed by atoms with E-state index in [9.17, 15) is 4.79 Å². The van der Waals surface area contributed by atoms with Gasteiger partial charge >= 0.3 is 0 Å². The summed E-state index contributed by atoms with van der Waals surface area (Å²) >= 11 is 7.04. The van der Waals surface area contributed by atoms with Gasteiger partial charge in [-0.05, 0) is 59.5 Å². The van der Waals surface area contributed by atoms with E-state index in [0.29, 0.717) is 13.1 Å². The minimum absolute atomic E-state index is 0.0723. The topological polar surface area (TPSA) is 38.1 Å². The number of hydrogen-bond donors (Lipinski definition) is 0. The summed E-state index contributed by atoms with van der Waals surface area (Å²) in [5, 5.41) is 1.09. The van der Waals surface area contributed by atoms with Crippen LogP contribution in [-0.4, -0.2) is 21.0 Å². The van der Waals surface area contributed by atoms with Gasteiger partial charge in [-0.25, -0.2) is 4.98 Å². The van der Waals surface area contributed by atoms with Crippen molar-refractivity contribution in [1.29, 1.82) is 0 Å². The Bertz CT molecular complexity index is 1310. The van der Waals surface area contributed by atoms with Crippen molar-refractivity contribution < 1.29 is 0 Å². The highest BCUT2D eigenvalue weighted by Crippen LogP contribution is 2.26. The fraction of sp³-hybridized carbons (Fsp3) is 0.200. The number of nitrogens with zero attached hydrogens (tertiary/aromatic N) is 3. The molecule has 0 amide bonds. The van der Waals surface area contributed by atoms with Crippen LogP contribution >= 0.6 is 31.9 Å². The van der Waals surface area contributed by atoms with Gasteiger partial charge in [-0.2, -0.15) is 0 Å². The van der Waals surface area contributed by atoms with Gasteiger partial charge < -0.3 is 0 Å². The van der Waals surface area contributed by atoms with Crippen LogP contribution in [0.3, 0.4) is 0 Å². The van der Waals surface area contributed by atoms with Crippen LogP contribution in [-0.2, 0) is 26.1 Å². The minimum atomic E-state index is 0.0723. The summed E-state index contributed by atoms with van der Waals surface area (Å²) < 4.78 is 3.94. The molecule has 4 nitrogen and oxygen atoms in total. The van der Waals surface area contributed by atoms with E-state index < -0.39 is 0 Å². The van der Waals surface area contributed by atoms with Crippen LogP contribution in [0, 0.1) is 0 Å². The van der Waals surface area contributed by atoms with Gasteiger partial charge in [-0.15, -0.1) is 0 Å². The van der Waals surface area contributed by atoms with E-state index in [1.54, 1.807) is 6.20 Å². The highest BCUT2D eigenvalue weighted by molar-refractivity contribution is 9.10. The lowest BCUT2D eigenvalue weighted by Crippen LogP contribution is -2.37. The summed E-state index contributed by atoms with van der Waals surface area (Å²) in [6, 6.07) is 20.5. The van der Waals surface area contributed by atoms with Crippen LogP contribution in [0.15, 0.2) is 80.6 Å². The smallest absolute Gasteiger partial charge is 0.257 e. The fourth-order valence-corrected chi connectivity index (χ4v) is 5.08. The van der Waals surface area contributed by atoms with Crippen molar-refractivity contribution in [1.82, 2.24) is 14.5 Å². The first kappa shape index (κ1) is 20.6. The standard InChI is InChI=1S/C25H21Br2N3O/c26-19-8-6-17(7-9-19)15-30-24-22(5-2-11-28-24)21-10-12-29(16-23(21)25(30)31)14-18-3-1-4-20(27)13-18/h1-9,11,13H,10,12,14-16H2. The van der Waals surface area contributed by atoms with Gasteiger partial charge in [-0.1, -0.05) is 56.1 Å². The lowest BCUT2D eigenvalue weighted by Gasteiger charge is -2.30. The third-order valence-corrected chi connectivity index (χ3v) is 6.87. The summed E-state index contributed by atoms with van der Waals surface area (Å²) in [5.74, 6) is 0. The van der Waals surface area contributed by atoms with Crippen molar-refractivity contribution in [2.75, 3.05) is 6.54 Å². The Hall–Kier alpha value is -2.28. The average Bonchev–Trinajstić information content (AvgIpc) is 2.78. The molecule has 0 saturated heterocycles. The van der Waals surface area contributed by atoms with Crippen LogP contribution in [0.2, 0.25) is 0 Å². The maximum Gasteiger partial charge on any atom is 0.257 e. The average molecular weight is 539 g/mol. The summed E-state index contributed by atoms with van der Waals surface area (Å²) in [4.78, 5) is 20.6. The van der Waals surface area contributed by atoms with Crippen molar-refractivity contribution >= 4 is 42.9 Å². The van der Waals surface area contributed by atoms with Crippen molar-refractivity contribution in [2.24, 2.45) is 0 Å². The lowest BCUT2D eigenvalue weighted by molar-refractivity contribution is 0.244. The van der Waals surface area contributed by atoms with E-state index in [1.807, 2.05) is 41.0 Å². The van der Waals surface area contributed by atoms with Crippen LogP contribution in [0.1, 0.15) is 22.3 Å². The van der Waals surface area contributed by atoms with Gasteiger partial charge in [0.1, 0.15) is 5.65 Å². The van der Waals surface area contributed by atoms with Crippen LogP contribution in [0.25, 0.3) is 11.0 Å². The molecular weight excluding hydrogens is 518 g/mol. The van der Waals surface area contributed by atoms with Gasteiger partial charge in [0, 0.05) is 45.7 Å². The number of aromatic nitrogens is 2. The molecule has 5 rings (SSSR count). The van der Waals surface area contributed by atoms with Crippen LogP contribution < -0.4 is 5.56 Å². The molecule has 0 bridgehead atoms. The summed E-state index contributed by atoms with van der Waals surface area (Å²) in [6.07, 6.45) is 2.63. The van der Waals surface area contributed by atoms with Crippen molar-refractivity contribution in [3.05, 3.63) is 108 Å². The Labute approximate surface area is 197 Å². The normalized spacial score (nSPS) is 14.0. The predicted molar refractivity (Wildman–Crippen MR) is 131 cm³/mol. The van der Waals surface area contributed by atoms with E-state index >= 15 is 0 Å². The van der Waals surface area contributed by atoms with E-state index in [0.717, 1.165) is 56.2 Å². The zero-order valence-electron chi connectivity index (χ0n) is 16.9. The first-order valence-electron chi connectivity index (χ1n) is 10.3. The van der Waals surface area contributed by atoms with E-state index in [2.05, 4.69) is 66.0 Å². The van der Waals surface area contributed by atoms with Gasteiger partial charge in [0.05, 0.1) is 6.54 Å². The summed E-state index contributed by atoms with van der Waals surface area (Å²) in [7, 11) is 0. The molecule has 1 aliphatic rings. The molecule has 31 heavy (non-hydrogen) atoms. The number of pyridine rings is 2. The Morgan fingerprint density at radius 1 is 0.871 bits per heavy atom. The largest absolute Gasteiger partial charge is 0.294 e. The molecule has 6 heteroatoms. The van der Waals surface area contributed by atoms with E-state index in [1.165, 1.54) is 5.56 Å². The minimum Gasteiger partial charge on any atom is -0.294 e. The van der Waals surface area contributed by atoms with Gasteiger partial charge in [0.25, 0.3) is 5.56 Å². The van der Waals surface area contributed by atoms with E-state index in [-0.39, 0.29) is 5.56 Å². The molecule has 3 heterocycles. The van der Waals surface area contributed by atoms with E-state index in [4.69, 9.17) is 0 Å². The molecule has 0 N–H and O–H groups in total. The predicted octanol–water partition coefficient (Wildman–Crippen LogP) is 5.53. The van der Waals surface area contributed by atoms with Crippen molar-refractivity contribution in [2.45, 2.75) is 26.1 Å². The Kier molecular flexibility index (Phi) is 5.78. The first-order valence-corrected chi connectivity index (χ1v) is 11.9. The third-order valence-electron chi connectivity index (χ3n) is 5.84. The number of fused-ring (bicyclic) bond motifs is 3. The second-order valence-corrected chi connectivity index (χ2v) is 9.77. The number of hydrogen-bond acceptors (Lipinski definition) is 3. The maximum absolute atomic E-state index is 13.6. The van der Waals surface area contributed by atoms with Crippen molar-refractivity contribution in [3.63, 3.8) is 0 Å². The summed E-state index contributed by atoms with van der Waals surface area (Å²) in [5.41, 5.74) is 5.23. The molecule has 0 atom stereocenters. The Balaban J connectivity index is 1.54. The van der Waals surface area contributed by atoms with Crippen LogP contribution in [0.4, 0.5) is 0 Å². The van der Waals surface area contributed by atoms with Crippen molar-refractivity contribution in [3.8, 4) is 0 Å². The number of benzene rings is 2. The SMILES string of the molecule is O=c1c2c(c3cccnc3n1Cc1ccc(Br)cc1)CCN(Cc1cccc(Br)c1)C2. The molecule has 0 saturated carbocycles. The maximum atomic E-state index is 13.6. The molecule has 0 aliphatic carbocycles. The number of halogens is 2. The molecule has 0 spiro atoms. The molecule has 156 valence electrons. The Morgan fingerprint density at radius 3 is 2.52 bits per heavy atom. The molecule has 4 aromatic rings. The molecule has 0 fully saturated rings. The highest BCUT2D eigenvalue weighted by atomic mass is 79.9. The zero-order valence-corrected chi connectivity index (χ0v) is 20.1. The summed E-state index contributed by atoms with van der Waals surface area (Å²) in [6.45, 7) is 2.93. The van der Waals surface area contributed by atoms with Gasteiger partial charge in [-0.3, -0.25) is 14.3 Å². The Morgan fingerprint density at radius 2 is 1.71 bits per heavy atom. The second-order valence-electron chi connectivity index (χ2n) is 7.94. The second kappa shape index (κ2) is 8.69. The zero-order chi connectivity index (χ0) is 21.4. The molecular formula is C25H21Br2N3O. The quantitative estimate of drug-likeness (QED) is 0.343. The third kappa shape index (κ3) is 4.25. The van der Waals surface area contributed by atoms with Gasteiger partial charge in [0.2, 0.25) is 0 Å². The first-order chi connectivity index (χ1) is 15.1. The molecule has 0 radical (unpaired) electrons. The number of rotatable bonds is 4. The fourth-order valence-electron chi connectivity index (χ4n) is 4.37. The highest BCUT2D eigenvalue weighted by Gasteiger charge is 2.24. The van der Waals surface area contributed by atoms with Crippen LogP contribution in [0.5, 0.6) is 0 Å². The monoisotopic (exact) mass is 537 g/mol. The van der Waals surface area contributed by atoms with Gasteiger partial charge in [0.15, 0.2) is 0 Å². The molecule has 0 unspecified atom stereocenters. The molecule has 2 aromatic heterocycles.